The lowest BCUT2D eigenvalue weighted by Gasteiger charge is -2.14. The van der Waals surface area contributed by atoms with Gasteiger partial charge in [0.15, 0.2) is 12.7 Å². The van der Waals surface area contributed by atoms with Crippen molar-refractivity contribution in [3.63, 3.8) is 0 Å². The number of ether oxygens (including phenoxy) is 2. The Morgan fingerprint density at radius 1 is 1.00 bits per heavy atom. The van der Waals surface area contributed by atoms with Gasteiger partial charge in [-0.1, -0.05) is 26.0 Å². The van der Waals surface area contributed by atoms with Crippen LogP contribution in [0.2, 0.25) is 0 Å². The molecule has 0 aliphatic rings. The van der Waals surface area contributed by atoms with Crippen LogP contribution in [0.25, 0.3) is 0 Å². The van der Waals surface area contributed by atoms with Gasteiger partial charge < -0.3 is 14.8 Å². The van der Waals surface area contributed by atoms with E-state index in [-0.39, 0.29) is 0 Å². The van der Waals surface area contributed by atoms with Crippen molar-refractivity contribution < 1.29 is 23.5 Å². The second-order valence-electron chi connectivity index (χ2n) is 6.15. The quantitative estimate of drug-likeness (QED) is 0.762. The van der Waals surface area contributed by atoms with Crippen LogP contribution in [0.1, 0.15) is 32.3 Å². The summed E-state index contributed by atoms with van der Waals surface area (Å²) in [6.45, 7) is 5.25. The number of hydrogen-bond acceptors (Lipinski definition) is 4. The molecule has 6 heteroatoms. The van der Waals surface area contributed by atoms with Crippen molar-refractivity contribution in [1.29, 1.82) is 0 Å². The molecule has 1 atom stereocenters. The molecule has 0 radical (unpaired) electrons. The fourth-order valence-corrected chi connectivity index (χ4v) is 2.17. The molecule has 0 unspecified atom stereocenters. The Hall–Kier alpha value is -2.89. The number of hydrogen-bond donors (Lipinski definition) is 1. The Bertz CT molecular complexity index is 741. The van der Waals surface area contributed by atoms with Gasteiger partial charge in [-0.05, 0) is 54.8 Å². The monoisotopic (exact) mass is 359 g/mol. The molecule has 2 aromatic carbocycles. The normalized spacial score (nSPS) is 11.7. The Morgan fingerprint density at radius 3 is 2.19 bits per heavy atom. The summed E-state index contributed by atoms with van der Waals surface area (Å²) in [4.78, 5) is 23.8. The number of rotatable bonds is 7. The van der Waals surface area contributed by atoms with Crippen molar-refractivity contribution in [2.45, 2.75) is 32.8 Å². The average Bonchev–Trinajstić information content (AvgIpc) is 2.62. The third kappa shape index (κ3) is 5.88. The van der Waals surface area contributed by atoms with Gasteiger partial charge in [0.05, 0.1) is 0 Å². The highest BCUT2D eigenvalue weighted by molar-refractivity contribution is 5.93. The number of halogens is 1. The molecule has 1 N–H and O–H groups in total. The lowest BCUT2D eigenvalue weighted by molar-refractivity contribution is -0.153. The Kier molecular flexibility index (Phi) is 6.72. The number of nitrogens with one attached hydrogen (secondary N) is 1. The zero-order valence-electron chi connectivity index (χ0n) is 15.0. The van der Waals surface area contributed by atoms with E-state index in [2.05, 4.69) is 19.2 Å². The van der Waals surface area contributed by atoms with Gasteiger partial charge in [-0.2, -0.15) is 0 Å². The third-order valence-corrected chi connectivity index (χ3v) is 3.67. The largest absolute Gasteiger partial charge is 0.479 e. The molecule has 0 spiro atoms. The van der Waals surface area contributed by atoms with E-state index in [0.29, 0.717) is 17.4 Å². The molecule has 0 aromatic heterocycles. The maximum atomic E-state index is 12.8. The zero-order valence-corrected chi connectivity index (χ0v) is 15.0. The molecule has 26 heavy (non-hydrogen) atoms. The van der Waals surface area contributed by atoms with Crippen LogP contribution in [-0.2, 0) is 14.3 Å². The lowest BCUT2D eigenvalue weighted by Crippen LogP contribution is -2.29. The Balaban J connectivity index is 1.78. The summed E-state index contributed by atoms with van der Waals surface area (Å²) in [5.41, 5.74) is 1.80. The molecule has 0 aliphatic heterocycles. The highest BCUT2D eigenvalue weighted by atomic mass is 19.1. The predicted octanol–water partition coefficient (Wildman–Crippen LogP) is 3.90. The first-order chi connectivity index (χ1) is 12.3. The van der Waals surface area contributed by atoms with Crippen molar-refractivity contribution in [2.24, 2.45) is 0 Å². The van der Waals surface area contributed by atoms with Crippen molar-refractivity contribution in [3.05, 3.63) is 59.9 Å². The maximum absolute atomic E-state index is 12.8. The number of carbonyl (C=O) groups excluding carboxylic acids is 2. The zero-order chi connectivity index (χ0) is 19.1. The molecule has 0 heterocycles. The van der Waals surface area contributed by atoms with Crippen molar-refractivity contribution >= 4 is 17.6 Å². The van der Waals surface area contributed by atoms with Crippen LogP contribution in [0, 0.1) is 5.82 Å². The number of carbonyl (C=O) groups is 2. The summed E-state index contributed by atoms with van der Waals surface area (Å²) in [5, 5.41) is 2.66. The van der Waals surface area contributed by atoms with E-state index in [1.54, 1.807) is 12.1 Å². The average molecular weight is 359 g/mol. The minimum Gasteiger partial charge on any atom is -0.479 e. The predicted molar refractivity (Wildman–Crippen MR) is 96.6 cm³/mol. The summed E-state index contributed by atoms with van der Waals surface area (Å²) in [6, 6.07) is 12.7. The second-order valence-corrected chi connectivity index (χ2v) is 6.15. The first kappa shape index (κ1) is 19.4. The van der Waals surface area contributed by atoms with E-state index < -0.39 is 30.4 Å². The SMILES string of the molecule is CC(C)c1ccc(NC(=O)COC(=O)[C@H](C)Oc2ccc(F)cc2)cc1. The van der Waals surface area contributed by atoms with Crippen molar-refractivity contribution in [1.82, 2.24) is 0 Å². The van der Waals surface area contributed by atoms with Crippen LogP contribution in [-0.4, -0.2) is 24.6 Å². The topological polar surface area (TPSA) is 64.6 Å². The molecular formula is C20H22FNO4. The van der Waals surface area contributed by atoms with Crippen LogP contribution < -0.4 is 10.1 Å². The first-order valence-electron chi connectivity index (χ1n) is 8.34. The van der Waals surface area contributed by atoms with E-state index in [4.69, 9.17) is 9.47 Å². The summed E-state index contributed by atoms with van der Waals surface area (Å²) in [5.74, 6) is -0.774. The molecule has 1 amide bonds. The summed E-state index contributed by atoms with van der Waals surface area (Å²) in [6.07, 6.45) is -0.918. The fourth-order valence-electron chi connectivity index (χ4n) is 2.17. The van der Waals surface area contributed by atoms with E-state index in [1.807, 2.05) is 12.1 Å². The second kappa shape index (κ2) is 8.99. The third-order valence-electron chi connectivity index (χ3n) is 3.67. The van der Waals surface area contributed by atoms with Crippen LogP contribution in [0.3, 0.4) is 0 Å². The number of esters is 1. The van der Waals surface area contributed by atoms with E-state index in [0.717, 1.165) is 0 Å². The Morgan fingerprint density at radius 2 is 1.62 bits per heavy atom. The molecule has 0 saturated carbocycles. The molecule has 5 nitrogen and oxygen atoms in total. The van der Waals surface area contributed by atoms with Gasteiger partial charge in [0, 0.05) is 5.69 Å². The minimum atomic E-state index is -0.918. The van der Waals surface area contributed by atoms with Gasteiger partial charge in [0.2, 0.25) is 0 Å². The highest BCUT2D eigenvalue weighted by Crippen LogP contribution is 2.17. The minimum absolute atomic E-state index is 0.338. The van der Waals surface area contributed by atoms with Gasteiger partial charge in [0.1, 0.15) is 11.6 Å². The summed E-state index contributed by atoms with van der Waals surface area (Å²) < 4.78 is 23.1. The van der Waals surface area contributed by atoms with Gasteiger partial charge in [-0.15, -0.1) is 0 Å². The van der Waals surface area contributed by atoms with Gasteiger partial charge >= 0.3 is 5.97 Å². The van der Waals surface area contributed by atoms with Crippen LogP contribution in [0.4, 0.5) is 10.1 Å². The van der Waals surface area contributed by atoms with E-state index >= 15 is 0 Å². The molecule has 138 valence electrons. The van der Waals surface area contributed by atoms with Crippen LogP contribution >= 0.6 is 0 Å². The van der Waals surface area contributed by atoms with Crippen molar-refractivity contribution in [3.8, 4) is 5.75 Å². The number of anilines is 1. The Labute approximate surface area is 152 Å². The molecule has 0 aliphatic carbocycles. The molecule has 0 saturated heterocycles. The summed E-state index contributed by atoms with van der Waals surface area (Å²) >= 11 is 0. The number of amides is 1. The van der Waals surface area contributed by atoms with Gasteiger partial charge in [-0.3, -0.25) is 4.79 Å². The van der Waals surface area contributed by atoms with E-state index in [1.165, 1.54) is 36.8 Å². The molecular weight excluding hydrogens is 337 g/mol. The standard InChI is InChI=1S/C20H22FNO4/c1-13(2)15-4-8-17(9-5-15)22-19(23)12-25-20(24)14(3)26-18-10-6-16(21)7-11-18/h4-11,13-14H,12H2,1-3H3,(H,22,23)/t14-/m0/s1. The molecule has 0 fully saturated rings. The molecule has 2 rings (SSSR count). The highest BCUT2D eigenvalue weighted by Gasteiger charge is 2.18. The fraction of sp³-hybridized carbons (Fsp3) is 0.300. The maximum Gasteiger partial charge on any atom is 0.347 e. The van der Waals surface area contributed by atoms with Gasteiger partial charge in [-0.25, -0.2) is 9.18 Å². The smallest absolute Gasteiger partial charge is 0.347 e. The van der Waals surface area contributed by atoms with Crippen molar-refractivity contribution in [2.75, 3.05) is 11.9 Å². The van der Waals surface area contributed by atoms with Crippen LogP contribution in [0.5, 0.6) is 5.75 Å². The number of benzene rings is 2. The first-order valence-corrected chi connectivity index (χ1v) is 8.34. The van der Waals surface area contributed by atoms with Gasteiger partial charge in [0.25, 0.3) is 5.91 Å². The molecule has 0 bridgehead atoms. The van der Waals surface area contributed by atoms with Crippen LogP contribution in [0.15, 0.2) is 48.5 Å². The molecule has 2 aromatic rings. The lowest BCUT2D eigenvalue weighted by atomic mass is 10.0. The summed E-state index contributed by atoms with van der Waals surface area (Å²) in [7, 11) is 0. The van der Waals surface area contributed by atoms with E-state index in [9.17, 15) is 14.0 Å².